The van der Waals surface area contributed by atoms with E-state index in [2.05, 4.69) is 19.7 Å². The summed E-state index contributed by atoms with van der Waals surface area (Å²) in [4.78, 5) is 42.9. The molecule has 3 aromatic heterocycles. The Morgan fingerprint density at radius 1 is 0.660 bits per heavy atom. The number of alkyl halides is 8. The monoisotopic (exact) mass is 821 g/mol. The van der Waals surface area contributed by atoms with Gasteiger partial charge >= 0.3 is 29.4 Å². The molecular formula is C26H27F8N3O10S2Zn. The Morgan fingerprint density at radius 2 is 0.980 bits per heavy atom. The van der Waals surface area contributed by atoms with Crippen molar-refractivity contribution in [2.75, 3.05) is 13.2 Å². The molecule has 0 bridgehead atoms. The van der Waals surface area contributed by atoms with E-state index in [0.29, 0.717) is 12.2 Å². The summed E-state index contributed by atoms with van der Waals surface area (Å²) in [6.45, 7) is 4.04. The Labute approximate surface area is 296 Å². The molecule has 0 saturated heterocycles. The van der Waals surface area contributed by atoms with Gasteiger partial charge in [0.1, 0.15) is 11.4 Å². The molecule has 0 aliphatic rings. The second kappa shape index (κ2) is 28.9. The molecule has 0 radical (unpaired) electrons. The standard InChI is InChI=1S/C9H9F2NO2.C8H9NO2.C7H5F2NO2.2CH2F2O2S.Zn/c1-2-14-9(13)6-3-4-12-7(5-6)8(10)11;1-2-11-8(10)7-3-5-9-6-4-7;8-6(9)5-3-4(7(11)12)1-2-10-5;2*2-1(3)6(4)5;/h3-5,8H,2H2,1H3;3-6H,2H2,1H3;1-3,6H,(H,11,12);2*1H,(H,4,5);. The van der Waals surface area contributed by atoms with E-state index < -0.39 is 69.9 Å². The van der Waals surface area contributed by atoms with Gasteiger partial charge in [-0.25, -0.2) is 40.4 Å². The van der Waals surface area contributed by atoms with Crippen molar-refractivity contribution in [3.05, 3.63) is 89.3 Å². The minimum atomic E-state index is -3.12. The SMILES string of the molecule is CCOC(=O)c1ccnc(C(F)F)c1.CCOC(=O)c1ccncc1.O=C(O)c1ccnc(C(F)F)c1.O=S(O)C(F)F.O=S(O)C(F)F.[Zn]. The van der Waals surface area contributed by atoms with E-state index in [0.717, 1.165) is 30.6 Å². The Bertz CT molecular complexity index is 1450. The van der Waals surface area contributed by atoms with Crippen LogP contribution in [0.3, 0.4) is 0 Å². The Morgan fingerprint density at radius 3 is 1.30 bits per heavy atom. The minimum absolute atomic E-state index is 0. The number of carboxylic acids is 1. The van der Waals surface area contributed by atoms with Crippen LogP contribution in [-0.4, -0.2) is 80.2 Å². The quantitative estimate of drug-likeness (QED) is 0.0978. The third-order valence-corrected chi connectivity index (χ3v) is 4.87. The van der Waals surface area contributed by atoms with Gasteiger partial charge in [-0.05, 0) is 50.2 Å². The van der Waals surface area contributed by atoms with Crippen LogP contribution in [0.1, 0.15) is 69.2 Å². The van der Waals surface area contributed by atoms with Crippen LogP contribution < -0.4 is 0 Å². The van der Waals surface area contributed by atoms with E-state index in [-0.39, 0.29) is 43.2 Å². The molecule has 3 N–H and O–H groups in total. The number of aromatic carboxylic acids is 1. The first-order valence-electron chi connectivity index (χ1n) is 12.6. The number of carbonyl (C=O) groups is 3. The number of rotatable bonds is 9. The summed E-state index contributed by atoms with van der Waals surface area (Å²) in [5, 5.41) is 8.42. The molecule has 3 heterocycles. The fourth-order valence-corrected chi connectivity index (χ4v) is 2.31. The maximum Gasteiger partial charge on any atom is 0.338 e. The first kappa shape index (κ1) is 50.5. The molecule has 276 valence electrons. The number of pyridine rings is 3. The summed E-state index contributed by atoms with van der Waals surface area (Å²) in [5.74, 6) is -8.39. The second-order valence-electron chi connectivity index (χ2n) is 7.60. The molecule has 0 aromatic carbocycles. The molecule has 13 nitrogen and oxygen atoms in total. The number of carbonyl (C=O) groups excluding carboxylic acids is 2. The molecule has 3 rings (SSSR count). The number of hydrogen-bond donors (Lipinski definition) is 3. The molecule has 2 unspecified atom stereocenters. The Kier molecular flexibility index (Phi) is 29.2. The van der Waals surface area contributed by atoms with Crippen LogP contribution in [0.5, 0.6) is 0 Å². The van der Waals surface area contributed by atoms with Crippen LogP contribution in [0, 0.1) is 0 Å². The van der Waals surface area contributed by atoms with Crippen LogP contribution in [0.25, 0.3) is 0 Å². The molecule has 24 heteroatoms. The molecule has 3 aromatic rings. The molecule has 0 saturated carbocycles. The molecule has 0 fully saturated rings. The van der Waals surface area contributed by atoms with Gasteiger partial charge in [-0.1, -0.05) is 0 Å². The number of ether oxygens (including phenoxy) is 2. The van der Waals surface area contributed by atoms with Crippen molar-refractivity contribution in [1.29, 1.82) is 0 Å². The molecule has 0 spiro atoms. The number of halogens is 8. The van der Waals surface area contributed by atoms with Crippen molar-refractivity contribution in [3.63, 3.8) is 0 Å². The van der Waals surface area contributed by atoms with Gasteiger partial charge in [-0.15, -0.1) is 0 Å². The number of hydrogen-bond acceptors (Lipinski definition) is 10. The smallest absolute Gasteiger partial charge is 0.338 e. The van der Waals surface area contributed by atoms with Crippen LogP contribution in [0.2, 0.25) is 0 Å². The van der Waals surface area contributed by atoms with E-state index in [9.17, 15) is 49.5 Å². The maximum atomic E-state index is 12.2. The zero-order valence-corrected chi connectivity index (χ0v) is 30.2. The number of esters is 2. The molecule has 50 heavy (non-hydrogen) atoms. The van der Waals surface area contributed by atoms with Gasteiger partial charge < -0.3 is 23.7 Å². The Hall–Kier alpha value is -3.86. The molecular weight excluding hydrogens is 796 g/mol. The summed E-state index contributed by atoms with van der Waals surface area (Å²) in [7, 11) is 0. The van der Waals surface area contributed by atoms with Gasteiger partial charge in [0.05, 0.1) is 29.9 Å². The fraction of sp³-hybridized carbons (Fsp3) is 0.308. The van der Waals surface area contributed by atoms with Crippen molar-refractivity contribution in [3.8, 4) is 0 Å². The second-order valence-corrected chi connectivity index (χ2v) is 9.41. The number of aromatic nitrogens is 3. The van der Waals surface area contributed by atoms with Crippen molar-refractivity contribution in [2.24, 2.45) is 0 Å². The summed E-state index contributed by atoms with van der Waals surface area (Å²) < 4.78 is 133. The van der Waals surface area contributed by atoms with Gasteiger partial charge in [0.15, 0.2) is 0 Å². The molecule has 0 aliphatic carbocycles. The first-order chi connectivity index (χ1) is 22.9. The largest absolute Gasteiger partial charge is 0.478 e. The van der Waals surface area contributed by atoms with E-state index in [1.165, 1.54) is 6.07 Å². The fourth-order valence-electron chi connectivity index (χ4n) is 2.31. The van der Waals surface area contributed by atoms with E-state index >= 15 is 0 Å². The minimum Gasteiger partial charge on any atom is -0.478 e. The van der Waals surface area contributed by atoms with Gasteiger partial charge in [0.2, 0.25) is 22.2 Å². The van der Waals surface area contributed by atoms with Crippen molar-refractivity contribution < 1.29 is 101 Å². The summed E-state index contributed by atoms with van der Waals surface area (Å²) in [6, 6.07) is 7.63. The van der Waals surface area contributed by atoms with Crippen LogP contribution in [0.4, 0.5) is 35.1 Å². The number of nitrogens with zero attached hydrogens (tertiary/aromatic N) is 3. The normalized spacial score (nSPS) is 11.0. The Balaban J connectivity index is -0.000000571. The van der Waals surface area contributed by atoms with Gasteiger partial charge in [-0.3, -0.25) is 15.0 Å². The van der Waals surface area contributed by atoms with Gasteiger partial charge in [0.25, 0.3) is 12.9 Å². The average molecular weight is 823 g/mol. The zero-order valence-electron chi connectivity index (χ0n) is 25.6. The van der Waals surface area contributed by atoms with E-state index in [4.69, 9.17) is 27.4 Å². The zero-order chi connectivity index (χ0) is 38.1. The summed E-state index contributed by atoms with van der Waals surface area (Å²) in [5.41, 5.74) is -0.482. The number of carboxylic acid groups (broad SMARTS) is 1. The van der Waals surface area contributed by atoms with Gasteiger partial charge in [0, 0.05) is 44.3 Å². The van der Waals surface area contributed by atoms with Crippen molar-refractivity contribution >= 4 is 40.1 Å². The van der Waals surface area contributed by atoms with Crippen LogP contribution in [0.15, 0.2) is 61.2 Å². The molecule has 2 atom stereocenters. The predicted molar refractivity (Wildman–Crippen MR) is 155 cm³/mol. The molecule has 0 aliphatic heterocycles. The maximum absolute atomic E-state index is 12.2. The summed E-state index contributed by atoms with van der Waals surface area (Å²) in [6.07, 6.45) is -0.0781. The third kappa shape index (κ3) is 24.3. The van der Waals surface area contributed by atoms with Crippen LogP contribution in [-0.2, 0) is 51.1 Å². The van der Waals surface area contributed by atoms with Crippen molar-refractivity contribution in [2.45, 2.75) is 38.2 Å². The average Bonchev–Trinajstić information content (AvgIpc) is 3.06. The van der Waals surface area contributed by atoms with E-state index in [1.54, 1.807) is 38.4 Å². The molecule has 0 amide bonds. The van der Waals surface area contributed by atoms with Gasteiger partial charge in [-0.2, -0.15) is 17.6 Å². The summed E-state index contributed by atoms with van der Waals surface area (Å²) >= 11 is -5.90. The van der Waals surface area contributed by atoms with Crippen molar-refractivity contribution in [1.82, 2.24) is 15.0 Å². The predicted octanol–water partition coefficient (Wildman–Crippen LogP) is 6.03. The van der Waals surface area contributed by atoms with Crippen LogP contribution >= 0.6 is 0 Å². The first-order valence-corrected chi connectivity index (χ1v) is 14.9. The third-order valence-electron chi connectivity index (χ3n) is 4.26. The van der Waals surface area contributed by atoms with E-state index in [1.807, 2.05) is 0 Å². The topological polar surface area (TPSA) is 203 Å².